The fraction of sp³-hybridized carbons (Fsp3) is 0.429. The molecule has 0 N–H and O–H groups in total. The van der Waals surface area contributed by atoms with Crippen molar-refractivity contribution < 1.29 is 14.3 Å². The third-order valence-electron chi connectivity index (χ3n) is 5.14. The molecule has 1 amide bonds. The van der Waals surface area contributed by atoms with Crippen molar-refractivity contribution in [3.63, 3.8) is 0 Å². The molecule has 0 bridgehead atoms. The van der Waals surface area contributed by atoms with Gasteiger partial charge in [-0.25, -0.2) is 9.50 Å². The van der Waals surface area contributed by atoms with E-state index in [2.05, 4.69) is 28.9 Å². The Morgan fingerprint density at radius 2 is 2.10 bits per heavy atom. The molecule has 29 heavy (non-hydrogen) atoms. The molecule has 2 aromatic heterocycles. The molecule has 1 atom stereocenters. The molecule has 0 radical (unpaired) electrons. The summed E-state index contributed by atoms with van der Waals surface area (Å²) in [4.78, 5) is 23.6. The largest absolute Gasteiger partial charge is 0.497 e. The number of fused-ring (bicyclic) bond motifs is 1. The lowest BCUT2D eigenvalue weighted by atomic mass is 10.1. The van der Waals surface area contributed by atoms with Crippen LogP contribution in [0.4, 0.5) is 0 Å². The molecule has 0 saturated carbocycles. The summed E-state index contributed by atoms with van der Waals surface area (Å²) in [6.07, 6.45) is 2.14. The van der Waals surface area contributed by atoms with E-state index in [1.54, 1.807) is 11.6 Å². The molecule has 0 spiro atoms. The maximum Gasteiger partial charge on any atom is 0.272 e. The molecule has 8 heteroatoms. The van der Waals surface area contributed by atoms with Crippen LogP contribution in [0.15, 0.2) is 36.7 Å². The van der Waals surface area contributed by atoms with Gasteiger partial charge < -0.3 is 14.4 Å². The highest BCUT2D eigenvalue weighted by Gasteiger charge is 2.27. The van der Waals surface area contributed by atoms with Crippen molar-refractivity contribution in [2.24, 2.45) is 0 Å². The first kappa shape index (κ1) is 19.3. The standard InChI is InChI=1S/C21H25N5O3/c1-14(2)19-11-18(24-21-22-13-23-26(19)21)20(27)25-8-9-29-17(12-25)10-15-4-6-16(28-3)7-5-15/h4-7,11,13-14,17H,8-10,12H2,1-3H3/t17-/m0/s1. The lowest BCUT2D eigenvalue weighted by molar-refractivity contribution is -0.0210. The number of nitrogens with zero attached hydrogens (tertiary/aromatic N) is 5. The van der Waals surface area contributed by atoms with Crippen molar-refractivity contribution in [3.05, 3.63) is 53.6 Å². The lowest BCUT2D eigenvalue weighted by Crippen LogP contribution is -2.46. The Labute approximate surface area is 169 Å². The summed E-state index contributed by atoms with van der Waals surface area (Å²) in [5.41, 5.74) is 2.47. The SMILES string of the molecule is COc1ccc(C[C@H]2CN(C(=O)c3cc(C(C)C)n4ncnc4n3)CCO2)cc1. The molecule has 152 valence electrons. The Bertz CT molecular complexity index is 999. The van der Waals surface area contributed by atoms with Crippen LogP contribution in [0.2, 0.25) is 0 Å². The van der Waals surface area contributed by atoms with Crippen LogP contribution in [0.25, 0.3) is 5.78 Å². The zero-order valence-corrected chi connectivity index (χ0v) is 16.9. The summed E-state index contributed by atoms with van der Waals surface area (Å²) in [5.74, 6) is 1.37. The van der Waals surface area contributed by atoms with Gasteiger partial charge in [-0.1, -0.05) is 26.0 Å². The second-order valence-corrected chi connectivity index (χ2v) is 7.49. The fourth-order valence-electron chi connectivity index (χ4n) is 3.57. The van der Waals surface area contributed by atoms with Gasteiger partial charge in [0.15, 0.2) is 0 Å². The summed E-state index contributed by atoms with van der Waals surface area (Å²) in [5, 5.41) is 4.21. The predicted molar refractivity (Wildman–Crippen MR) is 107 cm³/mol. The number of methoxy groups -OCH3 is 1. The number of carbonyl (C=O) groups excluding carboxylic acids is 1. The van der Waals surface area contributed by atoms with Gasteiger partial charge in [-0.05, 0) is 29.7 Å². The number of hydrogen-bond acceptors (Lipinski definition) is 6. The van der Waals surface area contributed by atoms with E-state index >= 15 is 0 Å². The van der Waals surface area contributed by atoms with Gasteiger partial charge in [0, 0.05) is 19.5 Å². The molecule has 8 nitrogen and oxygen atoms in total. The van der Waals surface area contributed by atoms with Crippen LogP contribution in [0.5, 0.6) is 5.75 Å². The number of benzene rings is 1. The Hall–Kier alpha value is -3.00. The van der Waals surface area contributed by atoms with Crippen LogP contribution in [-0.2, 0) is 11.2 Å². The van der Waals surface area contributed by atoms with Gasteiger partial charge in [-0.3, -0.25) is 4.79 Å². The number of morpholine rings is 1. The van der Waals surface area contributed by atoms with E-state index in [0.29, 0.717) is 31.2 Å². The van der Waals surface area contributed by atoms with Crippen molar-refractivity contribution in [1.29, 1.82) is 0 Å². The number of rotatable bonds is 5. The predicted octanol–water partition coefficient (Wildman–Crippen LogP) is 2.34. The number of ether oxygens (including phenoxy) is 2. The fourth-order valence-corrected chi connectivity index (χ4v) is 3.57. The smallest absolute Gasteiger partial charge is 0.272 e. The van der Waals surface area contributed by atoms with Crippen LogP contribution in [0, 0.1) is 0 Å². The van der Waals surface area contributed by atoms with E-state index in [9.17, 15) is 4.79 Å². The van der Waals surface area contributed by atoms with Gasteiger partial charge in [0.2, 0.25) is 0 Å². The molecule has 1 aromatic carbocycles. The highest BCUT2D eigenvalue weighted by molar-refractivity contribution is 5.93. The van der Waals surface area contributed by atoms with Crippen LogP contribution in [-0.4, -0.2) is 63.3 Å². The third kappa shape index (κ3) is 4.07. The van der Waals surface area contributed by atoms with Gasteiger partial charge in [-0.15, -0.1) is 0 Å². The quantitative estimate of drug-likeness (QED) is 0.660. The maximum absolute atomic E-state index is 13.2. The second kappa shape index (κ2) is 8.16. The monoisotopic (exact) mass is 395 g/mol. The lowest BCUT2D eigenvalue weighted by Gasteiger charge is -2.33. The van der Waals surface area contributed by atoms with Crippen molar-refractivity contribution in [1.82, 2.24) is 24.5 Å². The van der Waals surface area contributed by atoms with E-state index in [0.717, 1.165) is 23.4 Å². The third-order valence-corrected chi connectivity index (χ3v) is 5.14. The van der Waals surface area contributed by atoms with E-state index in [1.807, 2.05) is 35.2 Å². The zero-order valence-electron chi connectivity index (χ0n) is 16.9. The van der Waals surface area contributed by atoms with Gasteiger partial charge in [0.25, 0.3) is 11.7 Å². The maximum atomic E-state index is 13.2. The highest BCUT2D eigenvalue weighted by Crippen LogP contribution is 2.19. The first-order chi connectivity index (χ1) is 14.0. The molecular formula is C21H25N5O3. The van der Waals surface area contributed by atoms with E-state index in [-0.39, 0.29) is 17.9 Å². The minimum Gasteiger partial charge on any atom is -0.497 e. The van der Waals surface area contributed by atoms with Crippen LogP contribution in [0.3, 0.4) is 0 Å². The molecule has 1 aliphatic heterocycles. The second-order valence-electron chi connectivity index (χ2n) is 7.49. The molecule has 4 rings (SSSR count). The molecule has 0 unspecified atom stereocenters. The van der Waals surface area contributed by atoms with Crippen LogP contribution in [0.1, 0.15) is 41.5 Å². The van der Waals surface area contributed by atoms with E-state index < -0.39 is 0 Å². The Morgan fingerprint density at radius 3 is 2.83 bits per heavy atom. The number of carbonyl (C=O) groups is 1. The normalized spacial score (nSPS) is 17.1. The first-order valence-electron chi connectivity index (χ1n) is 9.79. The number of amides is 1. The average Bonchev–Trinajstić information content (AvgIpc) is 3.22. The summed E-state index contributed by atoms with van der Waals surface area (Å²) in [7, 11) is 1.65. The Morgan fingerprint density at radius 1 is 1.31 bits per heavy atom. The Balaban J connectivity index is 1.50. The minimum absolute atomic E-state index is 0.0533. The number of hydrogen-bond donors (Lipinski definition) is 0. The van der Waals surface area contributed by atoms with Gasteiger partial charge in [0.05, 0.1) is 25.5 Å². The molecule has 1 aliphatic rings. The molecule has 3 aromatic rings. The highest BCUT2D eigenvalue weighted by atomic mass is 16.5. The van der Waals surface area contributed by atoms with Crippen molar-refractivity contribution in [3.8, 4) is 5.75 Å². The summed E-state index contributed by atoms with van der Waals surface area (Å²) >= 11 is 0. The van der Waals surface area contributed by atoms with Crippen molar-refractivity contribution in [2.75, 3.05) is 26.8 Å². The first-order valence-corrected chi connectivity index (χ1v) is 9.79. The van der Waals surface area contributed by atoms with Gasteiger partial charge >= 0.3 is 0 Å². The van der Waals surface area contributed by atoms with Gasteiger partial charge in [0.1, 0.15) is 17.8 Å². The molecule has 1 saturated heterocycles. The average molecular weight is 395 g/mol. The Kier molecular flexibility index (Phi) is 5.44. The minimum atomic E-state index is -0.0968. The van der Waals surface area contributed by atoms with E-state index in [4.69, 9.17) is 9.47 Å². The molecule has 0 aliphatic carbocycles. The molecule has 1 fully saturated rings. The van der Waals surface area contributed by atoms with Crippen LogP contribution >= 0.6 is 0 Å². The van der Waals surface area contributed by atoms with Crippen molar-refractivity contribution in [2.45, 2.75) is 32.3 Å². The summed E-state index contributed by atoms with van der Waals surface area (Å²) in [6.45, 7) is 5.71. The van der Waals surface area contributed by atoms with Gasteiger partial charge in [-0.2, -0.15) is 10.1 Å². The van der Waals surface area contributed by atoms with Crippen molar-refractivity contribution >= 4 is 11.7 Å². The number of aromatic nitrogens is 4. The molecule has 3 heterocycles. The van der Waals surface area contributed by atoms with E-state index in [1.165, 1.54) is 6.33 Å². The zero-order chi connectivity index (χ0) is 20.4. The summed E-state index contributed by atoms with van der Waals surface area (Å²) in [6, 6.07) is 9.75. The molecular weight excluding hydrogens is 370 g/mol. The topological polar surface area (TPSA) is 81.9 Å². The summed E-state index contributed by atoms with van der Waals surface area (Å²) < 4.78 is 12.8. The van der Waals surface area contributed by atoms with Crippen LogP contribution < -0.4 is 4.74 Å².